The molecule has 12 heavy (non-hydrogen) atoms. The molecule has 0 heterocycles. The summed E-state index contributed by atoms with van der Waals surface area (Å²) in [7, 11) is 1.98. The highest BCUT2D eigenvalue weighted by Gasteiger charge is 1.96. The van der Waals surface area contributed by atoms with Crippen LogP contribution in [0.4, 0.5) is 5.69 Å². The van der Waals surface area contributed by atoms with Gasteiger partial charge in [0.2, 0.25) is 0 Å². The molecule has 0 fully saturated rings. The number of hydrogen-bond donors (Lipinski definition) is 1. The molecule has 1 N–H and O–H groups in total. The first-order valence-electron chi connectivity index (χ1n) is 3.85. The second-order valence-electron chi connectivity index (χ2n) is 2.69. The first-order chi connectivity index (χ1) is 5.74. The molecule has 0 spiro atoms. The highest BCUT2D eigenvalue weighted by Crippen LogP contribution is 2.16. The zero-order valence-electron chi connectivity index (χ0n) is 7.20. The lowest BCUT2D eigenvalue weighted by atomic mass is 10.3. The third-order valence-electron chi connectivity index (χ3n) is 1.69. The van der Waals surface area contributed by atoms with Crippen molar-refractivity contribution < 1.29 is 5.11 Å². The summed E-state index contributed by atoms with van der Waals surface area (Å²) in [6, 6.07) is 7.10. The van der Waals surface area contributed by atoms with Gasteiger partial charge in [-0.3, -0.25) is 0 Å². The highest BCUT2D eigenvalue weighted by molar-refractivity contribution is 5.48. The Morgan fingerprint density at radius 1 is 1.42 bits per heavy atom. The smallest absolute Gasteiger partial charge is 0.115 e. The van der Waals surface area contributed by atoms with Gasteiger partial charge in [-0.2, -0.15) is 0 Å². The first kappa shape index (κ1) is 8.65. The quantitative estimate of drug-likeness (QED) is 0.689. The SMILES string of the molecule is C=CCN(C)c1ccc(O)cc1. The van der Waals surface area contributed by atoms with Gasteiger partial charge in [0.1, 0.15) is 5.75 Å². The molecule has 0 aliphatic rings. The lowest BCUT2D eigenvalue weighted by molar-refractivity contribution is 0.475. The Bertz CT molecular complexity index is 253. The summed E-state index contributed by atoms with van der Waals surface area (Å²) in [5.74, 6) is 0.297. The highest BCUT2D eigenvalue weighted by atomic mass is 16.3. The van der Waals surface area contributed by atoms with Crippen LogP contribution < -0.4 is 4.90 Å². The maximum absolute atomic E-state index is 9.03. The predicted octanol–water partition coefficient (Wildman–Crippen LogP) is 2.01. The van der Waals surface area contributed by atoms with Crippen molar-refractivity contribution >= 4 is 5.69 Å². The summed E-state index contributed by atoms with van der Waals surface area (Å²) in [4.78, 5) is 2.05. The van der Waals surface area contributed by atoms with E-state index in [9.17, 15) is 0 Å². The number of benzene rings is 1. The Kier molecular flexibility index (Phi) is 2.75. The number of hydrogen-bond acceptors (Lipinski definition) is 2. The Morgan fingerprint density at radius 2 is 2.00 bits per heavy atom. The Labute approximate surface area is 72.8 Å². The largest absolute Gasteiger partial charge is 0.508 e. The van der Waals surface area contributed by atoms with E-state index >= 15 is 0 Å². The van der Waals surface area contributed by atoms with Gasteiger partial charge < -0.3 is 10.0 Å². The molecule has 0 amide bonds. The van der Waals surface area contributed by atoms with Gasteiger partial charge in [0.25, 0.3) is 0 Å². The summed E-state index contributed by atoms with van der Waals surface area (Å²) in [5.41, 5.74) is 1.08. The van der Waals surface area contributed by atoms with E-state index in [-0.39, 0.29) is 0 Å². The van der Waals surface area contributed by atoms with Gasteiger partial charge in [-0.25, -0.2) is 0 Å². The van der Waals surface area contributed by atoms with Gasteiger partial charge in [-0.15, -0.1) is 6.58 Å². The molecule has 0 saturated heterocycles. The van der Waals surface area contributed by atoms with E-state index in [2.05, 4.69) is 6.58 Å². The number of phenolic OH excluding ortho intramolecular Hbond substituents is 1. The number of nitrogens with zero attached hydrogens (tertiary/aromatic N) is 1. The maximum atomic E-state index is 9.03. The van der Waals surface area contributed by atoms with Crippen LogP contribution in [-0.2, 0) is 0 Å². The fourth-order valence-electron chi connectivity index (χ4n) is 1.01. The van der Waals surface area contributed by atoms with Crippen LogP contribution in [0.25, 0.3) is 0 Å². The average Bonchev–Trinajstić information content (AvgIpc) is 2.06. The maximum Gasteiger partial charge on any atom is 0.115 e. The molecule has 0 radical (unpaired) electrons. The van der Waals surface area contributed by atoms with Crippen LogP contribution in [0.5, 0.6) is 5.75 Å². The number of aromatic hydroxyl groups is 1. The molecule has 2 heteroatoms. The average molecular weight is 163 g/mol. The van der Waals surface area contributed by atoms with Gasteiger partial charge >= 0.3 is 0 Å². The fourth-order valence-corrected chi connectivity index (χ4v) is 1.01. The zero-order chi connectivity index (χ0) is 8.97. The molecule has 0 saturated carbocycles. The van der Waals surface area contributed by atoms with Crippen LogP contribution in [0, 0.1) is 0 Å². The summed E-state index contributed by atoms with van der Waals surface area (Å²) in [5, 5.41) is 9.03. The summed E-state index contributed by atoms with van der Waals surface area (Å²) < 4.78 is 0. The number of phenols is 1. The van der Waals surface area contributed by atoms with Crippen molar-refractivity contribution in [2.24, 2.45) is 0 Å². The second-order valence-corrected chi connectivity index (χ2v) is 2.69. The minimum absolute atomic E-state index is 0.297. The molecular formula is C10H13NO. The standard InChI is InChI=1S/C10H13NO/c1-3-8-11(2)9-4-6-10(12)7-5-9/h3-7,12H,1,8H2,2H3. The number of likely N-dealkylation sites (N-methyl/N-ethyl adjacent to an activating group) is 1. The minimum Gasteiger partial charge on any atom is -0.508 e. The van der Waals surface area contributed by atoms with Crippen LogP contribution in [0.15, 0.2) is 36.9 Å². The number of anilines is 1. The molecule has 0 atom stereocenters. The van der Waals surface area contributed by atoms with E-state index in [1.54, 1.807) is 12.1 Å². The molecular weight excluding hydrogens is 150 g/mol. The third-order valence-corrected chi connectivity index (χ3v) is 1.69. The molecule has 0 aromatic heterocycles. The van der Waals surface area contributed by atoms with Gasteiger partial charge in [0.05, 0.1) is 0 Å². The van der Waals surface area contributed by atoms with Crippen molar-refractivity contribution in [2.75, 3.05) is 18.5 Å². The first-order valence-corrected chi connectivity index (χ1v) is 3.85. The van der Waals surface area contributed by atoms with Crippen molar-refractivity contribution in [2.45, 2.75) is 0 Å². The topological polar surface area (TPSA) is 23.5 Å². The van der Waals surface area contributed by atoms with E-state index in [1.807, 2.05) is 30.2 Å². The van der Waals surface area contributed by atoms with Crippen molar-refractivity contribution in [1.82, 2.24) is 0 Å². The van der Waals surface area contributed by atoms with E-state index in [1.165, 1.54) is 0 Å². The zero-order valence-corrected chi connectivity index (χ0v) is 7.20. The fraction of sp³-hybridized carbons (Fsp3) is 0.200. The van der Waals surface area contributed by atoms with E-state index in [0.717, 1.165) is 12.2 Å². The summed E-state index contributed by atoms with van der Waals surface area (Å²) in [6.45, 7) is 4.46. The van der Waals surface area contributed by atoms with Crippen molar-refractivity contribution in [3.05, 3.63) is 36.9 Å². The van der Waals surface area contributed by atoms with Crippen molar-refractivity contribution in [3.63, 3.8) is 0 Å². The summed E-state index contributed by atoms with van der Waals surface area (Å²) in [6.07, 6.45) is 1.84. The van der Waals surface area contributed by atoms with Crippen LogP contribution in [0.1, 0.15) is 0 Å². The molecule has 1 aromatic rings. The van der Waals surface area contributed by atoms with E-state index in [0.29, 0.717) is 5.75 Å². The lowest BCUT2D eigenvalue weighted by Gasteiger charge is -2.16. The second kappa shape index (κ2) is 3.81. The predicted molar refractivity (Wildman–Crippen MR) is 51.6 cm³/mol. The molecule has 0 unspecified atom stereocenters. The minimum atomic E-state index is 0.297. The van der Waals surface area contributed by atoms with E-state index < -0.39 is 0 Å². The molecule has 0 bridgehead atoms. The molecule has 0 aliphatic heterocycles. The van der Waals surface area contributed by atoms with Crippen molar-refractivity contribution in [3.8, 4) is 5.75 Å². The lowest BCUT2D eigenvalue weighted by Crippen LogP contribution is -2.15. The van der Waals surface area contributed by atoms with Gasteiger partial charge in [0, 0.05) is 19.3 Å². The molecule has 1 aromatic carbocycles. The number of rotatable bonds is 3. The van der Waals surface area contributed by atoms with Crippen molar-refractivity contribution in [1.29, 1.82) is 0 Å². The summed E-state index contributed by atoms with van der Waals surface area (Å²) >= 11 is 0. The van der Waals surface area contributed by atoms with Crippen LogP contribution in [-0.4, -0.2) is 18.7 Å². The van der Waals surface area contributed by atoms with Crippen LogP contribution >= 0.6 is 0 Å². The Hall–Kier alpha value is -1.44. The molecule has 2 nitrogen and oxygen atoms in total. The molecule has 0 aliphatic carbocycles. The normalized spacial score (nSPS) is 9.42. The van der Waals surface area contributed by atoms with E-state index in [4.69, 9.17) is 5.11 Å². The van der Waals surface area contributed by atoms with Crippen LogP contribution in [0.2, 0.25) is 0 Å². The van der Waals surface area contributed by atoms with Gasteiger partial charge in [-0.1, -0.05) is 6.08 Å². The third kappa shape index (κ3) is 2.02. The van der Waals surface area contributed by atoms with Crippen LogP contribution in [0.3, 0.4) is 0 Å². The van der Waals surface area contributed by atoms with Gasteiger partial charge in [0.15, 0.2) is 0 Å². The molecule has 64 valence electrons. The Morgan fingerprint density at radius 3 is 2.50 bits per heavy atom. The molecule has 1 rings (SSSR count). The Balaban J connectivity index is 2.74. The monoisotopic (exact) mass is 163 g/mol. The van der Waals surface area contributed by atoms with Gasteiger partial charge in [-0.05, 0) is 24.3 Å².